The number of hydrogen-bond donors (Lipinski definition) is 2. The Kier molecular flexibility index (Phi) is 13.6. The summed E-state index contributed by atoms with van der Waals surface area (Å²) in [4.78, 5) is 6.97. The van der Waals surface area contributed by atoms with Crippen molar-refractivity contribution >= 4 is 5.96 Å². The molecule has 0 bridgehead atoms. The minimum absolute atomic E-state index is 0.604. The van der Waals surface area contributed by atoms with Gasteiger partial charge in [-0.15, -0.1) is 0 Å². The van der Waals surface area contributed by atoms with E-state index in [1.807, 2.05) is 0 Å². The third kappa shape index (κ3) is 12.6. The maximum atomic E-state index is 5.56. The van der Waals surface area contributed by atoms with Crippen molar-refractivity contribution < 1.29 is 4.74 Å². The summed E-state index contributed by atoms with van der Waals surface area (Å²) in [6.07, 6.45) is 0.972. The summed E-state index contributed by atoms with van der Waals surface area (Å²) in [6, 6.07) is 0. The van der Waals surface area contributed by atoms with E-state index in [0.717, 1.165) is 64.9 Å². The zero-order valence-corrected chi connectivity index (χ0v) is 14.7. The molecular weight excluding hydrogens is 264 g/mol. The Balaban J connectivity index is 3.85. The first-order chi connectivity index (χ1) is 10.1. The molecular formula is C16H36N4O. The van der Waals surface area contributed by atoms with E-state index in [1.165, 1.54) is 0 Å². The van der Waals surface area contributed by atoms with E-state index in [4.69, 9.17) is 4.74 Å². The van der Waals surface area contributed by atoms with Crippen LogP contribution in [-0.4, -0.2) is 63.3 Å². The van der Waals surface area contributed by atoms with E-state index in [0.29, 0.717) is 5.92 Å². The van der Waals surface area contributed by atoms with Gasteiger partial charge in [0, 0.05) is 39.4 Å². The lowest BCUT2D eigenvalue weighted by Crippen LogP contribution is -2.41. The van der Waals surface area contributed by atoms with Crippen molar-refractivity contribution in [2.24, 2.45) is 10.9 Å². The van der Waals surface area contributed by atoms with E-state index in [1.54, 1.807) is 0 Å². The highest BCUT2D eigenvalue weighted by Gasteiger charge is 2.00. The number of aliphatic imine (C=N–C) groups is 1. The first-order valence-corrected chi connectivity index (χ1v) is 8.46. The first kappa shape index (κ1) is 20.2. The standard InChI is InChI=1S/C16H36N4O/c1-6-17-16(19-11-12-20(7-2)8-3)18-10-9-13-21-14-15(4)5/h15H,6-14H2,1-5H3,(H2,17,18,19). The lowest BCUT2D eigenvalue weighted by Gasteiger charge is -2.19. The van der Waals surface area contributed by atoms with Crippen LogP contribution >= 0.6 is 0 Å². The summed E-state index contributed by atoms with van der Waals surface area (Å²) >= 11 is 0. The number of likely N-dealkylation sites (N-methyl/N-ethyl adjacent to an activating group) is 1. The maximum Gasteiger partial charge on any atom is 0.191 e. The molecule has 2 N–H and O–H groups in total. The topological polar surface area (TPSA) is 48.9 Å². The summed E-state index contributed by atoms with van der Waals surface area (Å²) < 4.78 is 5.56. The highest BCUT2D eigenvalue weighted by molar-refractivity contribution is 5.79. The van der Waals surface area contributed by atoms with Crippen molar-refractivity contribution in [3.8, 4) is 0 Å². The van der Waals surface area contributed by atoms with Crippen LogP contribution in [0.1, 0.15) is 41.0 Å². The van der Waals surface area contributed by atoms with Gasteiger partial charge in [-0.1, -0.05) is 27.7 Å². The average Bonchev–Trinajstić information content (AvgIpc) is 2.46. The monoisotopic (exact) mass is 300 g/mol. The second-order valence-corrected chi connectivity index (χ2v) is 5.54. The second-order valence-electron chi connectivity index (χ2n) is 5.54. The molecule has 5 nitrogen and oxygen atoms in total. The number of nitrogens with zero attached hydrogens (tertiary/aromatic N) is 2. The highest BCUT2D eigenvalue weighted by atomic mass is 16.5. The van der Waals surface area contributed by atoms with Gasteiger partial charge < -0.3 is 20.3 Å². The Bertz CT molecular complexity index is 253. The number of guanidine groups is 1. The van der Waals surface area contributed by atoms with Gasteiger partial charge in [-0.2, -0.15) is 0 Å². The first-order valence-electron chi connectivity index (χ1n) is 8.46. The predicted molar refractivity (Wildman–Crippen MR) is 92.0 cm³/mol. The van der Waals surface area contributed by atoms with E-state index in [2.05, 4.69) is 55.1 Å². The zero-order valence-electron chi connectivity index (χ0n) is 14.7. The minimum atomic E-state index is 0.604. The molecule has 0 unspecified atom stereocenters. The van der Waals surface area contributed by atoms with Gasteiger partial charge in [-0.25, -0.2) is 0 Å². The Morgan fingerprint density at radius 3 is 2.43 bits per heavy atom. The van der Waals surface area contributed by atoms with Crippen LogP contribution < -0.4 is 10.6 Å². The van der Waals surface area contributed by atoms with Crippen LogP contribution in [0.3, 0.4) is 0 Å². The third-order valence-electron chi connectivity index (χ3n) is 3.13. The molecule has 0 aromatic carbocycles. The zero-order chi connectivity index (χ0) is 15.9. The van der Waals surface area contributed by atoms with Gasteiger partial charge in [-0.05, 0) is 32.4 Å². The fraction of sp³-hybridized carbons (Fsp3) is 0.938. The molecule has 0 rings (SSSR count). The number of rotatable bonds is 12. The minimum Gasteiger partial charge on any atom is -0.381 e. The van der Waals surface area contributed by atoms with Gasteiger partial charge in [0.05, 0.1) is 0 Å². The van der Waals surface area contributed by atoms with Crippen LogP contribution in [0.25, 0.3) is 0 Å². The predicted octanol–water partition coefficient (Wildman–Crippen LogP) is 1.95. The van der Waals surface area contributed by atoms with Crippen molar-refractivity contribution in [1.29, 1.82) is 0 Å². The summed E-state index contributed by atoms with van der Waals surface area (Å²) in [5.41, 5.74) is 0. The maximum absolute atomic E-state index is 5.56. The Morgan fingerprint density at radius 1 is 1.14 bits per heavy atom. The van der Waals surface area contributed by atoms with Gasteiger partial charge in [0.25, 0.3) is 0 Å². The summed E-state index contributed by atoms with van der Waals surface area (Å²) in [5, 5.41) is 6.67. The van der Waals surface area contributed by atoms with Gasteiger partial charge in [-0.3, -0.25) is 4.99 Å². The molecule has 0 aliphatic rings. The number of ether oxygens (including phenoxy) is 1. The number of hydrogen-bond acceptors (Lipinski definition) is 3. The van der Waals surface area contributed by atoms with Crippen molar-refractivity contribution in [2.45, 2.75) is 41.0 Å². The molecule has 0 heterocycles. The van der Waals surface area contributed by atoms with E-state index in [-0.39, 0.29) is 0 Å². The van der Waals surface area contributed by atoms with Crippen LogP contribution in [-0.2, 0) is 4.74 Å². The normalized spacial score (nSPS) is 12.2. The fourth-order valence-corrected chi connectivity index (χ4v) is 1.89. The molecule has 0 aliphatic heterocycles. The van der Waals surface area contributed by atoms with Gasteiger partial charge in [0.1, 0.15) is 0 Å². The average molecular weight is 300 g/mol. The molecule has 0 aromatic heterocycles. The molecule has 0 atom stereocenters. The molecule has 126 valence electrons. The van der Waals surface area contributed by atoms with Crippen molar-refractivity contribution in [3.63, 3.8) is 0 Å². The SMILES string of the molecule is CCNC(=NCCCOCC(C)C)NCCN(CC)CC. The summed E-state index contributed by atoms with van der Waals surface area (Å²) in [6.45, 7) is 18.3. The molecule has 5 heteroatoms. The highest BCUT2D eigenvalue weighted by Crippen LogP contribution is 1.93. The summed E-state index contributed by atoms with van der Waals surface area (Å²) in [5.74, 6) is 1.51. The largest absolute Gasteiger partial charge is 0.381 e. The molecule has 0 amide bonds. The van der Waals surface area contributed by atoms with E-state index >= 15 is 0 Å². The van der Waals surface area contributed by atoms with Crippen molar-refractivity contribution in [1.82, 2.24) is 15.5 Å². The van der Waals surface area contributed by atoms with Crippen LogP contribution in [0, 0.1) is 5.92 Å². The summed E-state index contributed by atoms with van der Waals surface area (Å²) in [7, 11) is 0. The molecule has 0 saturated carbocycles. The van der Waals surface area contributed by atoms with Gasteiger partial charge in [0.15, 0.2) is 5.96 Å². The van der Waals surface area contributed by atoms with Crippen LogP contribution in [0.5, 0.6) is 0 Å². The number of nitrogens with one attached hydrogen (secondary N) is 2. The molecule has 0 radical (unpaired) electrons. The third-order valence-corrected chi connectivity index (χ3v) is 3.13. The van der Waals surface area contributed by atoms with Gasteiger partial charge in [0.2, 0.25) is 0 Å². The smallest absolute Gasteiger partial charge is 0.191 e. The molecule has 21 heavy (non-hydrogen) atoms. The molecule has 0 saturated heterocycles. The molecule has 0 aliphatic carbocycles. The Morgan fingerprint density at radius 2 is 1.86 bits per heavy atom. The lowest BCUT2D eigenvalue weighted by atomic mass is 10.2. The van der Waals surface area contributed by atoms with Crippen molar-refractivity contribution in [3.05, 3.63) is 0 Å². The molecule has 0 aromatic rings. The van der Waals surface area contributed by atoms with Crippen LogP contribution in [0.2, 0.25) is 0 Å². The molecule has 0 spiro atoms. The quantitative estimate of drug-likeness (QED) is 0.328. The van der Waals surface area contributed by atoms with Gasteiger partial charge >= 0.3 is 0 Å². The van der Waals surface area contributed by atoms with Crippen LogP contribution in [0.15, 0.2) is 4.99 Å². The van der Waals surface area contributed by atoms with Crippen molar-refractivity contribution in [2.75, 3.05) is 52.5 Å². The second kappa shape index (κ2) is 14.1. The Hall–Kier alpha value is -0.810. The Labute approximate surface area is 131 Å². The van der Waals surface area contributed by atoms with E-state index in [9.17, 15) is 0 Å². The fourth-order valence-electron chi connectivity index (χ4n) is 1.89. The van der Waals surface area contributed by atoms with E-state index < -0.39 is 0 Å². The van der Waals surface area contributed by atoms with Crippen LogP contribution in [0.4, 0.5) is 0 Å². The molecule has 0 fully saturated rings. The lowest BCUT2D eigenvalue weighted by molar-refractivity contribution is 0.109.